The van der Waals surface area contributed by atoms with Gasteiger partial charge in [0.1, 0.15) is 6.17 Å². The number of amides is 1. The van der Waals surface area contributed by atoms with Crippen LogP contribution in [-0.2, 0) is 4.74 Å². The molecule has 0 unspecified atom stereocenters. The Morgan fingerprint density at radius 3 is 2.63 bits per heavy atom. The first kappa shape index (κ1) is 18.9. The first-order valence-corrected chi connectivity index (χ1v) is 10.5. The molecule has 0 radical (unpaired) electrons. The van der Waals surface area contributed by atoms with Gasteiger partial charge in [-0.2, -0.15) is 5.10 Å². The molecule has 0 saturated carbocycles. The molecule has 6 nitrogen and oxygen atoms in total. The van der Waals surface area contributed by atoms with E-state index in [1.807, 2.05) is 71.1 Å². The minimum atomic E-state index is -0.283. The van der Waals surface area contributed by atoms with Gasteiger partial charge in [0.25, 0.3) is 5.91 Å². The van der Waals surface area contributed by atoms with E-state index < -0.39 is 0 Å². The van der Waals surface area contributed by atoms with E-state index in [1.165, 1.54) is 0 Å². The van der Waals surface area contributed by atoms with Gasteiger partial charge in [-0.1, -0.05) is 30.3 Å². The minimum absolute atomic E-state index is 0.0381. The normalized spacial score (nSPS) is 20.9. The molecule has 2 aliphatic rings. The zero-order chi connectivity index (χ0) is 20.7. The molecular weight excluding hydrogens is 376 g/mol. The van der Waals surface area contributed by atoms with Gasteiger partial charge in [0, 0.05) is 30.1 Å². The number of ether oxygens (including phenoxy) is 1. The zero-order valence-corrected chi connectivity index (χ0v) is 17.3. The van der Waals surface area contributed by atoms with Crippen molar-refractivity contribution in [2.24, 2.45) is 0 Å². The number of aromatic nitrogens is 2. The number of rotatable bonds is 4. The Kier molecular flexibility index (Phi) is 4.79. The molecule has 1 aromatic heterocycles. The topological polar surface area (TPSA) is 59.4 Å². The predicted molar refractivity (Wildman–Crippen MR) is 116 cm³/mol. The number of carbonyl (C=O) groups excluding carboxylic acids is 1. The van der Waals surface area contributed by atoms with E-state index in [4.69, 9.17) is 9.84 Å². The van der Waals surface area contributed by atoms with E-state index in [1.54, 1.807) is 0 Å². The van der Waals surface area contributed by atoms with Gasteiger partial charge >= 0.3 is 0 Å². The van der Waals surface area contributed by atoms with Crippen LogP contribution in [0.5, 0.6) is 0 Å². The molecule has 2 aliphatic heterocycles. The van der Waals surface area contributed by atoms with Crippen molar-refractivity contribution >= 4 is 11.6 Å². The average molecular weight is 402 g/mol. The molecule has 154 valence electrons. The van der Waals surface area contributed by atoms with Gasteiger partial charge in [-0.05, 0) is 51.0 Å². The van der Waals surface area contributed by atoms with E-state index in [-0.39, 0.29) is 18.2 Å². The Morgan fingerprint density at radius 1 is 1.10 bits per heavy atom. The minimum Gasteiger partial charge on any atom is -0.376 e. The van der Waals surface area contributed by atoms with Crippen LogP contribution in [0.4, 0.5) is 5.69 Å². The number of carbonyl (C=O) groups is 1. The second kappa shape index (κ2) is 7.61. The van der Waals surface area contributed by atoms with Gasteiger partial charge in [-0.15, -0.1) is 0 Å². The summed E-state index contributed by atoms with van der Waals surface area (Å²) in [6.07, 6.45) is 1.83. The highest BCUT2D eigenvalue weighted by Gasteiger charge is 2.37. The lowest BCUT2D eigenvalue weighted by atomic mass is 10.0. The zero-order valence-electron chi connectivity index (χ0n) is 17.3. The third-order valence-corrected chi connectivity index (χ3v) is 6.07. The fourth-order valence-electron chi connectivity index (χ4n) is 4.59. The fourth-order valence-corrected chi connectivity index (χ4v) is 4.59. The van der Waals surface area contributed by atoms with Gasteiger partial charge < -0.3 is 15.0 Å². The molecular formula is C24H26N4O2. The second-order valence-corrected chi connectivity index (χ2v) is 8.02. The summed E-state index contributed by atoms with van der Waals surface area (Å²) in [5, 5.41) is 8.42. The summed E-state index contributed by atoms with van der Waals surface area (Å²) < 4.78 is 7.83. The number of nitrogens with zero attached hydrogens (tertiary/aromatic N) is 3. The number of hydrogen-bond donors (Lipinski definition) is 1. The quantitative estimate of drug-likeness (QED) is 0.709. The smallest absolute Gasteiger partial charge is 0.257 e. The van der Waals surface area contributed by atoms with Crippen LogP contribution < -0.4 is 5.32 Å². The number of aryl methyl sites for hydroxylation is 1. The van der Waals surface area contributed by atoms with Crippen LogP contribution >= 0.6 is 0 Å². The highest BCUT2D eigenvalue weighted by Crippen LogP contribution is 2.37. The van der Waals surface area contributed by atoms with Crippen molar-refractivity contribution in [2.75, 3.05) is 18.5 Å². The molecule has 30 heavy (non-hydrogen) atoms. The Hall–Kier alpha value is -3.12. The van der Waals surface area contributed by atoms with Crippen LogP contribution in [0.25, 0.3) is 5.69 Å². The Labute approximate surface area is 176 Å². The van der Waals surface area contributed by atoms with Crippen LogP contribution in [-0.4, -0.2) is 39.8 Å². The molecule has 1 saturated heterocycles. The highest BCUT2D eigenvalue weighted by molar-refractivity contribution is 6.01. The molecule has 1 amide bonds. The summed E-state index contributed by atoms with van der Waals surface area (Å²) in [7, 11) is 0. The SMILES string of the molecule is Cc1nn(-c2ccccc2)c(C)c1[C@@H]1Nc2ccccc2C(=O)N1C[C@@H]1CCCO1. The maximum atomic E-state index is 13.5. The summed E-state index contributed by atoms with van der Waals surface area (Å²) >= 11 is 0. The average Bonchev–Trinajstić information content (AvgIpc) is 3.38. The monoisotopic (exact) mass is 402 g/mol. The van der Waals surface area contributed by atoms with E-state index in [0.29, 0.717) is 12.1 Å². The van der Waals surface area contributed by atoms with Crippen LogP contribution in [0.15, 0.2) is 54.6 Å². The van der Waals surface area contributed by atoms with Gasteiger partial charge in [0.2, 0.25) is 0 Å². The van der Waals surface area contributed by atoms with Crippen LogP contribution in [0.3, 0.4) is 0 Å². The van der Waals surface area contributed by atoms with Gasteiger partial charge in [0.15, 0.2) is 0 Å². The highest BCUT2D eigenvalue weighted by atomic mass is 16.5. The maximum absolute atomic E-state index is 13.5. The van der Waals surface area contributed by atoms with Crippen molar-refractivity contribution in [3.8, 4) is 5.69 Å². The Bertz CT molecular complexity index is 1070. The molecule has 2 atom stereocenters. The molecule has 3 heterocycles. The maximum Gasteiger partial charge on any atom is 0.257 e. The van der Waals surface area contributed by atoms with E-state index >= 15 is 0 Å². The first-order valence-electron chi connectivity index (χ1n) is 10.5. The summed E-state index contributed by atoms with van der Waals surface area (Å²) in [4.78, 5) is 15.4. The van der Waals surface area contributed by atoms with Crippen molar-refractivity contribution in [3.63, 3.8) is 0 Å². The molecule has 3 aromatic rings. The molecule has 1 fully saturated rings. The van der Waals surface area contributed by atoms with Crippen molar-refractivity contribution in [2.45, 2.75) is 39.0 Å². The third-order valence-electron chi connectivity index (χ3n) is 6.07. The van der Waals surface area contributed by atoms with Crippen molar-refractivity contribution in [1.82, 2.24) is 14.7 Å². The van der Waals surface area contributed by atoms with Gasteiger partial charge in [0.05, 0.1) is 23.0 Å². The number of anilines is 1. The van der Waals surface area contributed by atoms with E-state index in [9.17, 15) is 4.79 Å². The summed E-state index contributed by atoms with van der Waals surface area (Å²) in [6, 6.07) is 17.8. The van der Waals surface area contributed by atoms with E-state index in [2.05, 4.69) is 12.2 Å². The molecule has 6 heteroatoms. The second-order valence-electron chi connectivity index (χ2n) is 8.02. The first-order chi connectivity index (χ1) is 14.6. The number of nitrogens with one attached hydrogen (secondary N) is 1. The molecule has 2 aromatic carbocycles. The number of hydrogen-bond acceptors (Lipinski definition) is 4. The molecule has 0 bridgehead atoms. The summed E-state index contributed by atoms with van der Waals surface area (Å²) in [5.41, 5.74) is 5.57. The molecule has 0 aliphatic carbocycles. The lowest BCUT2D eigenvalue weighted by Gasteiger charge is -2.39. The fraction of sp³-hybridized carbons (Fsp3) is 0.333. The summed E-state index contributed by atoms with van der Waals surface area (Å²) in [6.45, 7) is 5.42. The third kappa shape index (κ3) is 3.17. The van der Waals surface area contributed by atoms with E-state index in [0.717, 1.165) is 47.8 Å². The number of benzene rings is 2. The lowest BCUT2D eigenvalue weighted by Crippen LogP contribution is -2.46. The molecule has 5 rings (SSSR count). The van der Waals surface area contributed by atoms with Crippen molar-refractivity contribution < 1.29 is 9.53 Å². The van der Waals surface area contributed by atoms with Crippen LogP contribution in [0, 0.1) is 13.8 Å². The standard InChI is InChI=1S/C24H26N4O2/c1-16-22(17(2)28(26-16)18-9-4-3-5-10-18)23-25-21-13-7-6-12-20(21)24(29)27(23)15-19-11-8-14-30-19/h3-7,9-10,12-13,19,23,25H,8,11,14-15H2,1-2H3/t19-,23+/m0/s1. The van der Waals surface area contributed by atoms with Crippen molar-refractivity contribution in [1.29, 1.82) is 0 Å². The Balaban J connectivity index is 1.59. The van der Waals surface area contributed by atoms with Gasteiger partial charge in [-0.3, -0.25) is 4.79 Å². The molecule has 1 N–H and O–H groups in total. The van der Waals surface area contributed by atoms with Crippen LogP contribution in [0.2, 0.25) is 0 Å². The summed E-state index contributed by atoms with van der Waals surface area (Å²) in [5.74, 6) is 0.0381. The van der Waals surface area contributed by atoms with Crippen molar-refractivity contribution in [3.05, 3.63) is 77.1 Å². The number of fused-ring (bicyclic) bond motifs is 1. The Morgan fingerprint density at radius 2 is 1.87 bits per heavy atom. The van der Waals surface area contributed by atoms with Gasteiger partial charge in [-0.25, -0.2) is 4.68 Å². The van der Waals surface area contributed by atoms with Crippen LogP contribution in [0.1, 0.15) is 46.3 Å². The molecule has 0 spiro atoms. The lowest BCUT2D eigenvalue weighted by molar-refractivity contribution is 0.0426. The predicted octanol–water partition coefficient (Wildman–Crippen LogP) is 4.23. The number of para-hydroxylation sites is 2. The largest absolute Gasteiger partial charge is 0.376 e.